The van der Waals surface area contributed by atoms with Crippen LogP contribution in [-0.2, 0) is 16.0 Å². The number of carboxylic acids is 1. The molecule has 4 heteroatoms. The van der Waals surface area contributed by atoms with Crippen molar-refractivity contribution >= 4 is 11.9 Å². The van der Waals surface area contributed by atoms with E-state index in [1.807, 2.05) is 30.3 Å². The van der Waals surface area contributed by atoms with Gasteiger partial charge in [-0.2, -0.15) is 0 Å². The molecule has 124 valence electrons. The molecule has 23 heavy (non-hydrogen) atoms. The fourth-order valence-electron chi connectivity index (χ4n) is 3.93. The molecule has 0 saturated heterocycles. The van der Waals surface area contributed by atoms with E-state index < -0.39 is 12.0 Å². The molecule has 2 N–H and O–H groups in total. The standard InChI is InChI=1S/C19H25NO3/c21-18(16-12-15(16)14-9-5-2-6-10-14)20-17(19(22)23)11-13-7-3-1-4-8-13/h1,3-4,7-8,14-17H,2,5-6,9-12H2,(H,20,21)(H,22,23). The van der Waals surface area contributed by atoms with Gasteiger partial charge in [-0.05, 0) is 23.8 Å². The van der Waals surface area contributed by atoms with E-state index in [-0.39, 0.29) is 11.8 Å². The molecule has 1 aromatic rings. The summed E-state index contributed by atoms with van der Waals surface area (Å²) in [5, 5.41) is 12.1. The first-order valence-corrected chi connectivity index (χ1v) is 8.72. The third-order valence-electron chi connectivity index (χ3n) is 5.33. The van der Waals surface area contributed by atoms with Crippen LogP contribution in [0.1, 0.15) is 44.1 Å². The maximum atomic E-state index is 12.4. The molecule has 0 radical (unpaired) electrons. The van der Waals surface area contributed by atoms with E-state index in [4.69, 9.17) is 0 Å². The van der Waals surface area contributed by atoms with Crippen LogP contribution in [0.25, 0.3) is 0 Å². The van der Waals surface area contributed by atoms with Gasteiger partial charge in [0.1, 0.15) is 6.04 Å². The Morgan fingerprint density at radius 3 is 2.48 bits per heavy atom. The number of nitrogens with one attached hydrogen (secondary N) is 1. The van der Waals surface area contributed by atoms with Crippen molar-refractivity contribution in [1.29, 1.82) is 0 Å². The molecule has 0 bridgehead atoms. The quantitative estimate of drug-likeness (QED) is 0.848. The largest absolute Gasteiger partial charge is 0.480 e. The van der Waals surface area contributed by atoms with Gasteiger partial charge in [0, 0.05) is 12.3 Å². The lowest BCUT2D eigenvalue weighted by atomic mass is 9.85. The Morgan fingerprint density at radius 1 is 1.13 bits per heavy atom. The Kier molecular flexibility index (Phi) is 4.99. The zero-order chi connectivity index (χ0) is 16.2. The third kappa shape index (κ3) is 4.12. The molecule has 4 nitrogen and oxygen atoms in total. The van der Waals surface area contributed by atoms with Crippen LogP contribution in [0.2, 0.25) is 0 Å². The Balaban J connectivity index is 1.54. The van der Waals surface area contributed by atoms with Gasteiger partial charge in [0.25, 0.3) is 0 Å². The van der Waals surface area contributed by atoms with Crippen molar-refractivity contribution in [1.82, 2.24) is 5.32 Å². The van der Waals surface area contributed by atoms with Gasteiger partial charge in [0.05, 0.1) is 0 Å². The predicted molar refractivity (Wildman–Crippen MR) is 87.9 cm³/mol. The fourth-order valence-corrected chi connectivity index (χ4v) is 3.93. The van der Waals surface area contributed by atoms with Crippen LogP contribution in [0.15, 0.2) is 30.3 Å². The van der Waals surface area contributed by atoms with Crippen LogP contribution in [-0.4, -0.2) is 23.0 Å². The molecule has 0 aromatic heterocycles. The molecule has 2 aliphatic rings. The monoisotopic (exact) mass is 315 g/mol. The fraction of sp³-hybridized carbons (Fsp3) is 0.579. The Bertz CT molecular complexity index is 551. The number of amides is 1. The van der Waals surface area contributed by atoms with Gasteiger partial charge in [-0.3, -0.25) is 4.79 Å². The summed E-state index contributed by atoms with van der Waals surface area (Å²) in [6, 6.07) is 8.62. The number of aliphatic carboxylic acids is 1. The van der Waals surface area contributed by atoms with Crippen molar-refractivity contribution in [2.45, 2.75) is 51.0 Å². The highest BCUT2D eigenvalue weighted by Gasteiger charge is 2.47. The summed E-state index contributed by atoms with van der Waals surface area (Å²) >= 11 is 0. The highest BCUT2D eigenvalue weighted by molar-refractivity contribution is 5.86. The minimum atomic E-state index is -0.961. The van der Waals surface area contributed by atoms with Crippen LogP contribution in [0.5, 0.6) is 0 Å². The van der Waals surface area contributed by atoms with E-state index in [1.54, 1.807) is 0 Å². The molecule has 2 saturated carbocycles. The second kappa shape index (κ2) is 7.16. The summed E-state index contributed by atoms with van der Waals surface area (Å²) in [5.74, 6) is 0.176. The lowest BCUT2D eigenvalue weighted by Crippen LogP contribution is -2.43. The average molecular weight is 315 g/mol. The lowest BCUT2D eigenvalue weighted by molar-refractivity contribution is -0.142. The number of carbonyl (C=O) groups is 2. The molecule has 1 aromatic carbocycles. The molecule has 2 aliphatic carbocycles. The van der Waals surface area contributed by atoms with Gasteiger partial charge in [-0.1, -0.05) is 62.4 Å². The zero-order valence-corrected chi connectivity index (χ0v) is 13.4. The van der Waals surface area contributed by atoms with E-state index in [0.29, 0.717) is 18.3 Å². The van der Waals surface area contributed by atoms with Gasteiger partial charge in [0.15, 0.2) is 0 Å². The Labute approximate surface area is 137 Å². The molecule has 3 rings (SSSR count). The van der Waals surface area contributed by atoms with Crippen LogP contribution >= 0.6 is 0 Å². The first-order valence-electron chi connectivity index (χ1n) is 8.72. The van der Waals surface area contributed by atoms with E-state index in [9.17, 15) is 14.7 Å². The second-order valence-corrected chi connectivity index (χ2v) is 6.99. The van der Waals surface area contributed by atoms with E-state index in [1.165, 1.54) is 32.1 Å². The minimum Gasteiger partial charge on any atom is -0.480 e. The molecule has 3 unspecified atom stereocenters. The minimum absolute atomic E-state index is 0.0377. The average Bonchev–Trinajstić information content (AvgIpc) is 3.37. The summed E-state index contributed by atoms with van der Waals surface area (Å²) in [5.41, 5.74) is 0.930. The number of rotatable bonds is 6. The van der Waals surface area contributed by atoms with Gasteiger partial charge in [-0.15, -0.1) is 0 Å². The lowest BCUT2D eigenvalue weighted by Gasteiger charge is -2.22. The van der Waals surface area contributed by atoms with Crippen LogP contribution in [0, 0.1) is 17.8 Å². The molecule has 0 spiro atoms. The summed E-state index contributed by atoms with van der Waals surface area (Å²) in [6.07, 6.45) is 7.62. The predicted octanol–water partition coefficient (Wildman–Crippen LogP) is 3.01. The van der Waals surface area contributed by atoms with Crippen molar-refractivity contribution in [3.8, 4) is 0 Å². The highest BCUT2D eigenvalue weighted by Crippen LogP contribution is 2.49. The van der Waals surface area contributed by atoms with E-state index >= 15 is 0 Å². The number of carboxylic acid groups (broad SMARTS) is 1. The van der Waals surface area contributed by atoms with Crippen molar-refractivity contribution in [2.75, 3.05) is 0 Å². The number of hydrogen-bond acceptors (Lipinski definition) is 2. The van der Waals surface area contributed by atoms with Crippen LogP contribution < -0.4 is 5.32 Å². The first-order chi connectivity index (χ1) is 11.1. The molecule has 3 atom stereocenters. The van der Waals surface area contributed by atoms with Gasteiger partial charge < -0.3 is 10.4 Å². The maximum absolute atomic E-state index is 12.4. The number of carbonyl (C=O) groups excluding carboxylic acids is 1. The van der Waals surface area contributed by atoms with E-state index in [2.05, 4.69) is 5.32 Å². The molecule has 0 aliphatic heterocycles. The Hall–Kier alpha value is -1.84. The molecule has 0 heterocycles. The topological polar surface area (TPSA) is 66.4 Å². The van der Waals surface area contributed by atoms with Crippen LogP contribution in [0.4, 0.5) is 0 Å². The molecule has 2 fully saturated rings. The second-order valence-electron chi connectivity index (χ2n) is 6.99. The Morgan fingerprint density at radius 2 is 1.83 bits per heavy atom. The number of benzene rings is 1. The highest BCUT2D eigenvalue weighted by atomic mass is 16.4. The molecule has 1 amide bonds. The van der Waals surface area contributed by atoms with Gasteiger partial charge in [0.2, 0.25) is 5.91 Å². The first kappa shape index (κ1) is 16.0. The van der Waals surface area contributed by atoms with Gasteiger partial charge >= 0.3 is 5.97 Å². The van der Waals surface area contributed by atoms with E-state index in [0.717, 1.165) is 12.0 Å². The van der Waals surface area contributed by atoms with Crippen LogP contribution in [0.3, 0.4) is 0 Å². The summed E-state index contributed by atoms with van der Waals surface area (Å²) in [6.45, 7) is 0. The maximum Gasteiger partial charge on any atom is 0.326 e. The summed E-state index contributed by atoms with van der Waals surface area (Å²) in [4.78, 5) is 23.8. The molecular weight excluding hydrogens is 290 g/mol. The SMILES string of the molecule is O=C(O)C(Cc1ccccc1)NC(=O)C1CC1C1CCCCC1. The van der Waals surface area contributed by atoms with Crippen molar-refractivity contribution in [2.24, 2.45) is 17.8 Å². The van der Waals surface area contributed by atoms with Crippen molar-refractivity contribution in [3.05, 3.63) is 35.9 Å². The number of hydrogen-bond donors (Lipinski definition) is 2. The van der Waals surface area contributed by atoms with Gasteiger partial charge in [-0.25, -0.2) is 4.79 Å². The smallest absolute Gasteiger partial charge is 0.326 e. The third-order valence-corrected chi connectivity index (χ3v) is 5.33. The van der Waals surface area contributed by atoms with Crippen molar-refractivity contribution < 1.29 is 14.7 Å². The summed E-state index contributed by atoms with van der Waals surface area (Å²) in [7, 11) is 0. The zero-order valence-electron chi connectivity index (χ0n) is 13.4. The van der Waals surface area contributed by atoms with Crippen molar-refractivity contribution in [3.63, 3.8) is 0 Å². The summed E-state index contributed by atoms with van der Waals surface area (Å²) < 4.78 is 0. The normalized spacial score (nSPS) is 25.6. The molecular formula is C19H25NO3.